The maximum absolute atomic E-state index is 14.3. The van der Waals surface area contributed by atoms with E-state index in [0.29, 0.717) is 63.3 Å². The van der Waals surface area contributed by atoms with E-state index in [1.54, 1.807) is 22.6 Å². The summed E-state index contributed by atoms with van der Waals surface area (Å²) >= 11 is 1.11. The number of rotatable bonds is 12. The molecule has 358 valence electrons. The van der Waals surface area contributed by atoms with Gasteiger partial charge < -0.3 is 40.6 Å². The van der Waals surface area contributed by atoms with Crippen LogP contribution in [-0.4, -0.2) is 133 Å². The van der Waals surface area contributed by atoms with Crippen LogP contribution in [0.15, 0.2) is 113 Å². The molecule has 3 aromatic carbocycles. The molecule has 3 atom stereocenters. The van der Waals surface area contributed by atoms with E-state index < -0.39 is 58.1 Å². The topological polar surface area (TPSA) is 234 Å². The lowest BCUT2D eigenvalue weighted by Crippen LogP contribution is -2.74. The zero-order chi connectivity index (χ0) is 48.8. The number of nitrogen functional groups attached to an aromatic ring is 1. The van der Waals surface area contributed by atoms with E-state index in [0.717, 1.165) is 28.0 Å². The number of hydrogen-bond acceptors (Lipinski definition) is 12. The molecule has 0 radical (unpaired) electrons. The minimum atomic E-state index is -5.08. The number of anilines is 1. The average Bonchev–Trinajstić information content (AvgIpc) is 3.94. The van der Waals surface area contributed by atoms with E-state index >= 15 is 0 Å². The van der Waals surface area contributed by atoms with Gasteiger partial charge in [-0.05, 0) is 43.8 Å². The highest BCUT2D eigenvalue weighted by Gasteiger charge is 2.54. The molecule has 8 rings (SSSR count). The van der Waals surface area contributed by atoms with Crippen LogP contribution >= 0.6 is 21.8 Å². The van der Waals surface area contributed by atoms with Gasteiger partial charge in [-0.25, -0.2) is 19.4 Å². The summed E-state index contributed by atoms with van der Waals surface area (Å²) in [4.78, 5) is 91.3. The molecule has 5 heterocycles. The predicted molar refractivity (Wildman–Crippen MR) is 245 cm³/mol. The van der Waals surface area contributed by atoms with Gasteiger partial charge in [0.05, 0.1) is 12.6 Å². The standard InChI is InChI=1S/C44H45N7O8S2.C2HF3O2/c1-2-58-43(57)49-22-19-32(20-23-49)50-24-18-28(38(50)53)27-61-25-21-34-36(39(54)51(34)40(61)41(55)56)47-37(52)35(33-26-60-42(45)46-33)48-59-44(29-12-6-3-7-13-29,30-14-8-4-9-15-30)31-16-10-5-11-17-31;3-2(4,5)1(6)7/h3-17,26-27,32,34,36H,2,18-25H2,1H3,(H2,45,46)(H,47,52)(H,55,56);(H,6,7)/b28-27+,48-35-;/t34-,36-,61?;/m1./s1. The molecule has 4 amide bonds. The molecular formula is C46H46F3N7O10S2. The fourth-order valence-electron chi connectivity index (χ4n) is 8.49. The Kier molecular flexibility index (Phi) is 15.0. The van der Waals surface area contributed by atoms with Gasteiger partial charge in [0, 0.05) is 53.3 Å². The molecule has 5 N–H and O–H groups in total. The summed E-state index contributed by atoms with van der Waals surface area (Å²) in [6, 6.07) is 26.8. The minimum absolute atomic E-state index is 0.0432. The number of halogens is 3. The first kappa shape index (κ1) is 48.9. The number of oxime groups is 1. The van der Waals surface area contributed by atoms with E-state index in [1.165, 1.54) is 4.90 Å². The number of nitrogens with one attached hydrogen (secondary N) is 1. The molecule has 0 saturated carbocycles. The van der Waals surface area contributed by atoms with Crippen LogP contribution in [0.5, 0.6) is 0 Å². The fraction of sp³-hybridized carbons (Fsp3) is 0.326. The van der Waals surface area contributed by atoms with E-state index in [9.17, 15) is 42.3 Å². The number of benzene rings is 3. The van der Waals surface area contributed by atoms with Crippen molar-refractivity contribution in [2.45, 2.75) is 62.5 Å². The molecule has 68 heavy (non-hydrogen) atoms. The molecule has 17 nitrogen and oxygen atoms in total. The van der Waals surface area contributed by atoms with Gasteiger partial charge in [0.25, 0.3) is 17.7 Å². The first-order valence-electron chi connectivity index (χ1n) is 21.4. The van der Waals surface area contributed by atoms with Crippen LogP contribution in [0.3, 0.4) is 0 Å². The van der Waals surface area contributed by atoms with Crippen LogP contribution in [-0.2, 0) is 39.1 Å². The lowest BCUT2D eigenvalue weighted by Gasteiger charge is -2.50. The number of amides is 4. The summed E-state index contributed by atoms with van der Waals surface area (Å²) in [5.74, 6) is -5.13. The summed E-state index contributed by atoms with van der Waals surface area (Å²) in [6.07, 6.45) is -3.36. The number of thiazole rings is 1. The van der Waals surface area contributed by atoms with Crippen molar-refractivity contribution >= 4 is 73.4 Å². The minimum Gasteiger partial charge on any atom is -0.476 e. The molecule has 0 aliphatic carbocycles. The molecule has 0 spiro atoms. The first-order chi connectivity index (χ1) is 32.5. The number of aromatic nitrogens is 1. The van der Waals surface area contributed by atoms with Crippen LogP contribution in [0, 0.1) is 0 Å². The Balaban J connectivity index is 0.000000908. The molecule has 3 saturated heterocycles. The molecule has 4 aromatic rings. The average molecular weight is 978 g/mol. The fourth-order valence-corrected chi connectivity index (χ4v) is 11.2. The Bertz CT molecular complexity index is 2540. The highest BCUT2D eigenvalue weighted by Crippen LogP contribution is 2.42. The summed E-state index contributed by atoms with van der Waals surface area (Å²) in [5, 5.41) is 28.4. The van der Waals surface area contributed by atoms with E-state index in [2.05, 4.69) is 15.5 Å². The molecule has 0 bridgehead atoms. The number of aliphatic carboxylic acids is 2. The van der Waals surface area contributed by atoms with Gasteiger partial charge in [-0.2, -0.15) is 13.2 Å². The Morgan fingerprint density at radius 1 is 0.912 bits per heavy atom. The van der Waals surface area contributed by atoms with Gasteiger partial charge in [0.2, 0.25) is 5.60 Å². The van der Waals surface area contributed by atoms with Crippen LogP contribution in [0.4, 0.5) is 23.1 Å². The molecule has 1 unspecified atom stereocenters. The number of carbonyl (C=O) groups excluding carboxylic acids is 4. The van der Waals surface area contributed by atoms with Crippen molar-refractivity contribution in [3.8, 4) is 0 Å². The van der Waals surface area contributed by atoms with Crippen molar-refractivity contribution in [3.05, 3.63) is 130 Å². The zero-order valence-electron chi connectivity index (χ0n) is 36.3. The number of likely N-dealkylation sites (tertiary alicyclic amines) is 2. The van der Waals surface area contributed by atoms with Gasteiger partial charge in [0.15, 0.2) is 15.8 Å². The van der Waals surface area contributed by atoms with E-state index in [1.807, 2.05) is 95.9 Å². The SMILES string of the molecule is CCOC(=O)N1CCC(N2CC/C(=C\S3=C(C(=O)O)N4C(=O)[C@H](NC(=O)/C(=N\OC(c5ccccc5)(c5ccccc5)c5ccccc5)c5csc(N)n5)[C@H]4CC3)C2=O)CC1.O=C(O)C(F)(F)F. The third kappa shape index (κ3) is 10.2. The van der Waals surface area contributed by atoms with E-state index in [-0.39, 0.29) is 39.6 Å². The Morgan fingerprint density at radius 2 is 1.47 bits per heavy atom. The molecular weight excluding hydrogens is 932 g/mol. The number of fused-ring (bicyclic) bond motifs is 1. The monoisotopic (exact) mass is 977 g/mol. The number of alkyl halides is 3. The number of piperidine rings is 1. The number of nitrogens with two attached hydrogens (primary N) is 1. The van der Waals surface area contributed by atoms with Crippen LogP contribution in [0.1, 0.15) is 55.0 Å². The first-order valence-corrected chi connectivity index (χ1v) is 23.7. The molecule has 1 aromatic heterocycles. The lowest BCUT2D eigenvalue weighted by atomic mass is 9.80. The summed E-state index contributed by atoms with van der Waals surface area (Å²) in [6.45, 7) is 3.52. The van der Waals surface area contributed by atoms with Gasteiger partial charge >= 0.3 is 24.2 Å². The normalized spacial score (nSPS) is 20.5. The van der Waals surface area contributed by atoms with Crippen LogP contribution in [0.25, 0.3) is 0 Å². The number of hydrogen-bond donors (Lipinski definition) is 4. The Hall–Kier alpha value is -7.07. The Morgan fingerprint density at radius 3 is 1.96 bits per heavy atom. The molecule has 4 aliphatic heterocycles. The van der Waals surface area contributed by atoms with Gasteiger partial charge in [-0.15, -0.1) is 21.8 Å². The number of β-lactam (4-membered cyclic amide) rings is 1. The van der Waals surface area contributed by atoms with Crippen molar-refractivity contribution in [2.24, 2.45) is 5.16 Å². The van der Waals surface area contributed by atoms with Gasteiger partial charge in [-0.3, -0.25) is 19.3 Å². The van der Waals surface area contributed by atoms with Crippen LogP contribution < -0.4 is 11.1 Å². The zero-order valence-corrected chi connectivity index (χ0v) is 38.0. The number of carboxylic acids is 2. The highest BCUT2D eigenvalue weighted by atomic mass is 32.2. The third-order valence-electron chi connectivity index (χ3n) is 11.7. The van der Waals surface area contributed by atoms with Crippen molar-refractivity contribution in [1.82, 2.24) is 25.0 Å². The number of carboxylic acid groups (broad SMARTS) is 2. The molecule has 22 heteroatoms. The summed E-state index contributed by atoms with van der Waals surface area (Å²) in [7, 11) is -1.04. The predicted octanol–water partition coefficient (Wildman–Crippen LogP) is 5.39. The summed E-state index contributed by atoms with van der Waals surface area (Å²) < 4.78 is 36.9. The van der Waals surface area contributed by atoms with Crippen LogP contribution in [0.2, 0.25) is 0 Å². The van der Waals surface area contributed by atoms with Gasteiger partial charge in [0.1, 0.15) is 11.7 Å². The molecule has 4 aliphatic rings. The number of ether oxygens (including phenoxy) is 1. The van der Waals surface area contributed by atoms with Crippen molar-refractivity contribution in [2.75, 3.05) is 37.7 Å². The second-order valence-corrected chi connectivity index (χ2v) is 18.5. The third-order valence-corrected chi connectivity index (χ3v) is 14.5. The van der Waals surface area contributed by atoms with Gasteiger partial charge in [-0.1, -0.05) is 96.2 Å². The van der Waals surface area contributed by atoms with Crippen molar-refractivity contribution in [3.63, 3.8) is 0 Å². The quantitative estimate of drug-likeness (QED) is 0.0350. The number of nitrogens with zero attached hydrogens (tertiary/aromatic N) is 5. The maximum atomic E-state index is 14.3. The second-order valence-electron chi connectivity index (χ2n) is 15.8. The number of carbonyl (C=O) groups is 6. The highest BCUT2D eigenvalue weighted by molar-refractivity contribution is 8.19. The molecule has 3 fully saturated rings. The smallest absolute Gasteiger partial charge is 0.476 e. The Labute approximate surface area is 393 Å². The maximum Gasteiger partial charge on any atom is 0.490 e. The van der Waals surface area contributed by atoms with E-state index in [4.69, 9.17) is 25.2 Å². The lowest BCUT2D eigenvalue weighted by molar-refractivity contribution is -0.192. The largest absolute Gasteiger partial charge is 0.490 e. The second kappa shape index (κ2) is 20.8. The van der Waals surface area contributed by atoms with Crippen molar-refractivity contribution in [1.29, 1.82) is 0 Å². The van der Waals surface area contributed by atoms with Crippen molar-refractivity contribution < 1.29 is 61.7 Å². The summed E-state index contributed by atoms with van der Waals surface area (Å²) in [5.41, 5.74) is 7.38.